The van der Waals surface area contributed by atoms with Crippen molar-refractivity contribution in [2.24, 2.45) is 0 Å². The summed E-state index contributed by atoms with van der Waals surface area (Å²) >= 11 is 6.24. The molecule has 0 atom stereocenters. The van der Waals surface area contributed by atoms with Crippen LogP contribution < -0.4 is 10.5 Å². The van der Waals surface area contributed by atoms with E-state index in [1.54, 1.807) is 13.2 Å². The number of H-pyrrole nitrogens is 1. The van der Waals surface area contributed by atoms with Crippen LogP contribution in [0.5, 0.6) is 5.75 Å². The molecule has 0 unspecified atom stereocenters. The minimum Gasteiger partial charge on any atom is -0.495 e. The standard InChI is InChI=1S/C11H12ClN3O/c1-6-3-4-7(10(12)11(6)16-2)8-5-9(13)15-14-8/h3-5H,1-2H3,(H3,13,14,15). The van der Waals surface area contributed by atoms with E-state index in [1.165, 1.54) is 0 Å². The summed E-state index contributed by atoms with van der Waals surface area (Å²) in [6.45, 7) is 1.94. The maximum Gasteiger partial charge on any atom is 0.145 e. The Hall–Kier alpha value is -1.68. The number of rotatable bonds is 2. The lowest BCUT2D eigenvalue weighted by Crippen LogP contribution is -1.90. The van der Waals surface area contributed by atoms with Crippen LogP contribution in [0.15, 0.2) is 18.2 Å². The number of nitrogens with zero attached hydrogens (tertiary/aromatic N) is 1. The maximum atomic E-state index is 6.24. The van der Waals surface area contributed by atoms with Gasteiger partial charge in [0.25, 0.3) is 0 Å². The number of hydrogen-bond acceptors (Lipinski definition) is 3. The number of nitrogens with two attached hydrogens (primary N) is 1. The lowest BCUT2D eigenvalue weighted by atomic mass is 10.1. The van der Waals surface area contributed by atoms with E-state index >= 15 is 0 Å². The Balaban J connectivity index is 2.58. The molecule has 1 heterocycles. The van der Waals surface area contributed by atoms with Crippen molar-refractivity contribution in [1.29, 1.82) is 0 Å². The highest BCUT2D eigenvalue weighted by atomic mass is 35.5. The van der Waals surface area contributed by atoms with Crippen molar-refractivity contribution in [3.8, 4) is 17.0 Å². The van der Waals surface area contributed by atoms with Crippen LogP contribution in [0.25, 0.3) is 11.3 Å². The van der Waals surface area contributed by atoms with Gasteiger partial charge < -0.3 is 10.5 Å². The summed E-state index contributed by atoms with van der Waals surface area (Å²) in [5.74, 6) is 1.11. The van der Waals surface area contributed by atoms with E-state index in [4.69, 9.17) is 22.1 Å². The minimum atomic E-state index is 0.436. The quantitative estimate of drug-likeness (QED) is 0.844. The summed E-state index contributed by atoms with van der Waals surface area (Å²) in [5.41, 5.74) is 8.15. The third-order valence-electron chi connectivity index (χ3n) is 2.39. The van der Waals surface area contributed by atoms with Gasteiger partial charge in [-0.15, -0.1) is 0 Å². The first-order chi connectivity index (χ1) is 7.63. The van der Waals surface area contributed by atoms with Crippen molar-refractivity contribution in [1.82, 2.24) is 10.2 Å². The number of nitrogen functional groups attached to an aromatic ring is 1. The molecule has 0 spiro atoms. The Kier molecular flexibility index (Phi) is 2.75. The van der Waals surface area contributed by atoms with Gasteiger partial charge in [-0.2, -0.15) is 5.10 Å². The van der Waals surface area contributed by atoms with E-state index in [0.29, 0.717) is 16.6 Å². The lowest BCUT2D eigenvalue weighted by Gasteiger charge is -2.10. The highest BCUT2D eigenvalue weighted by Gasteiger charge is 2.12. The highest BCUT2D eigenvalue weighted by molar-refractivity contribution is 6.34. The van der Waals surface area contributed by atoms with Gasteiger partial charge in [0, 0.05) is 11.6 Å². The maximum absolute atomic E-state index is 6.24. The Morgan fingerprint density at radius 1 is 1.44 bits per heavy atom. The summed E-state index contributed by atoms with van der Waals surface area (Å²) < 4.78 is 5.25. The van der Waals surface area contributed by atoms with Gasteiger partial charge in [-0.05, 0) is 12.5 Å². The van der Waals surface area contributed by atoms with Gasteiger partial charge in [0.05, 0.1) is 17.8 Å². The van der Waals surface area contributed by atoms with Crippen LogP contribution in [0.4, 0.5) is 5.82 Å². The molecule has 0 bridgehead atoms. The van der Waals surface area contributed by atoms with Crippen LogP contribution in [0.1, 0.15) is 5.56 Å². The van der Waals surface area contributed by atoms with Crippen LogP contribution in [0.2, 0.25) is 5.02 Å². The molecule has 4 nitrogen and oxygen atoms in total. The SMILES string of the molecule is COc1c(C)ccc(-c2cc(N)n[nH]2)c1Cl. The molecule has 0 aliphatic carbocycles. The number of hydrogen-bond donors (Lipinski definition) is 2. The smallest absolute Gasteiger partial charge is 0.145 e. The summed E-state index contributed by atoms with van der Waals surface area (Å²) in [6.07, 6.45) is 0. The van der Waals surface area contributed by atoms with E-state index in [1.807, 2.05) is 19.1 Å². The second-order valence-electron chi connectivity index (χ2n) is 3.48. The molecule has 0 saturated heterocycles. The van der Waals surface area contributed by atoms with Crippen molar-refractivity contribution in [3.63, 3.8) is 0 Å². The molecule has 84 valence electrons. The fraction of sp³-hybridized carbons (Fsp3) is 0.182. The van der Waals surface area contributed by atoms with Crippen molar-refractivity contribution >= 4 is 17.4 Å². The van der Waals surface area contributed by atoms with Crippen molar-refractivity contribution in [2.45, 2.75) is 6.92 Å². The van der Waals surface area contributed by atoms with E-state index in [9.17, 15) is 0 Å². The number of aryl methyl sites for hydroxylation is 1. The fourth-order valence-corrected chi connectivity index (χ4v) is 1.98. The van der Waals surface area contributed by atoms with E-state index in [-0.39, 0.29) is 0 Å². The Morgan fingerprint density at radius 3 is 2.75 bits per heavy atom. The van der Waals surface area contributed by atoms with Crippen LogP contribution in [0.3, 0.4) is 0 Å². The highest BCUT2D eigenvalue weighted by Crippen LogP contribution is 2.37. The van der Waals surface area contributed by atoms with Gasteiger partial charge in [-0.25, -0.2) is 0 Å². The molecule has 16 heavy (non-hydrogen) atoms. The van der Waals surface area contributed by atoms with Gasteiger partial charge in [0.15, 0.2) is 0 Å². The van der Waals surface area contributed by atoms with Crippen LogP contribution >= 0.6 is 11.6 Å². The molecule has 0 amide bonds. The zero-order valence-electron chi connectivity index (χ0n) is 9.04. The average Bonchev–Trinajstić information content (AvgIpc) is 2.65. The first-order valence-corrected chi connectivity index (χ1v) is 5.15. The summed E-state index contributed by atoms with van der Waals surface area (Å²) in [7, 11) is 1.60. The average molecular weight is 238 g/mol. The molecule has 0 saturated carbocycles. The molecular weight excluding hydrogens is 226 g/mol. The number of nitrogens with one attached hydrogen (secondary N) is 1. The van der Waals surface area contributed by atoms with E-state index < -0.39 is 0 Å². The monoisotopic (exact) mass is 237 g/mol. The molecule has 1 aromatic heterocycles. The molecule has 0 radical (unpaired) electrons. The summed E-state index contributed by atoms with van der Waals surface area (Å²) in [6, 6.07) is 5.58. The Morgan fingerprint density at radius 2 is 2.19 bits per heavy atom. The number of aromatic nitrogens is 2. The van der Waals surface area contributed by atoms with E-state index in [2.05, 4.69) is 10.2 Å². The summed E-state index contributed by atoms with van der Waals surface area (Å²) in [4.78, 5) is 0. The fourth-order valence-electron chi connectivity index (χ4n) is 1.59. The normalized spacial score (nSPS) is 10.4. The number of ether oxygens (including phenoxy) is 1. The van der Waals surface area contributed by atoms with Crippen LogP contribution in [-0.4, -0.2) is 17.3 Å². The van der Waals surface area contributed by atoms with Gasteiger partial charge in [-0.1, -0.05) is 23.7 Å². The predicted octanol–water partition coefficient (Wildman–Crippen LogP) is 2.63. The number of methoxy groups -OCH3 is 1. The van der Waals surface area contributed by atoms with E-state index in [0.717, 1.165) is 16.8 Å². The molecule has 0 aliphatic rings. The van der Waals surface area contributed by atoms with Gasteiger partial charge in [-0.3, -0.25) is 5.10 Å². The first-order valence-electron chi connectivity index (χ1n) is 4.78. The largest absolute Gasteiger partial charge is 0.495 e. The molecule has 0 fully saturated rings. The molecule has 5 heteroatoms. The number of aromatic amines is 1. The number of benzene rings is 1. The number of halogens is 1. The van der Waals surface area contributed by atoms with Crippen LogP contribution in [-0.2, 0) is 0 Å². The zero-order valence-corrected chi connectivity index (χ0v) is 9.80. The van der Waals surface area contributed by atoms with Gasteiger partial charge in [0.2, 0.25) is 0 Å². The van der Waals surface area contributed by atoms with Gasteiger partial charge in [0.1, 0.15) is 11.6 Å². The van der Waals surface area contributed by atoms with Gasteiger partial charge >= 0.3 is 0 Å². The Bertz CT molecular complexity index is 522. The molecule has 1 aromatic carbocycles. The second kappa shape index (κ2) is 4.06. The second-order valence-corrected chi connectivity index (χ2v) is 3.86. The third-order valence-corrected chi connectivity index (χ3v) is 2.76. The lowest BCUT2D eigenvalue weighted by molar-refractivity contribution is 0.412. The van der Waals surface area contributed by atoms with Crippen LogP contribution in [0, 0.1) is 6.92 Å². The minimum absolute atomic E-state index is 0.436. The van der Waals surface area contributed by atoms with Crippen molar-refractivity contribution in [3.05, 3.63) is 28.8 Å². The predicted molar refractivity (Wildman–Crippen MR) is 64.7 cm³/mol. The summed E-state index contributed by atoms with van der Waals surface area (Å²) in [5, 5.41) is 7.24. The molecule has 2 rings (SSSR count). The van der Waals surface area contributed by atoms with Crippen molar-refractivity contribution in [2.75, 3.05) is 12.8 Å². The number of anilines is 1. The zero-order chi connectivity index (χ0) is 11.7. The molecule has 0 aliphatic heterocycles. The third kappa shape index (κ3) is 1.72. The molecule has 3 N–H and O–H groups in total. The topological polar surface area (TPSA) is 63.9 Å². The first kappa shape index (κ1) is 10.8. The molecular formula is C11H12ClN3O. The van der Waals surface area contributed by atoms with Crippen molar-refractivity contribution < 1.29 is 4.74 Å². The molecule has 2 aromatic rings. The Labute approximate surface area is 98.4 Å².